The van der Waals surface area contributed by atoms with E-state index >= 15 is 0 Å². The number of rotatable bonds is 6. The molecular formula is C11H21N3S. The number of nitrogens with zero attached hydrogens (tertiary/aromatic N) is 1. The number of hydrogen-bond acceptors (Lipinski definition) is 4. The highest BCUT2D eigenvalue weighted by atomic mass is 32.1. The van der Waals surface area contributed by atoms with Crippen LogP contribution in [0.2, 0.25) is 0 Å². The van der Waals surface area contributed by atoms with Gasteiger partial charge in [0.1, 0.15) is 5.01 Å². The van der Waals surface area contributed by atoms with E-state index in [2.05, 4.69) is 29.5 Å². The zero-order valence-electron chi connectivity index (χ0n) is 9.79. The van der Waals surface area contributed by atoms with Crippen LogP contribution < -0.4 is 11.1 Å². The first-order chi connectivity index (χ1) is 7.13. The lowest BCUT2D eigenvalue weighted by Gasteiger charge is -2.15. The van der Waals surface area contributed by atoms with Gasteiger partial charge in [0.15, 0.2) is 0 Å². The summed E-state index contributed by atoms with van der Waals surface area (Å²) in [6.07, 6.45) is 1.08. The molecule has 0 bridgehead atoms. The predicted molar refractivity (Wildman–Crippen MR) is 66.1 cm³/mol. The Balaban J connectivity index is 2.33. The van der Waals surface area contributed by atoms with Crippen molar-refractivity contribution in [2.75, 3.05) is 13.1 Å². The Morgan fingerprint density at radius 1 is 1.53 bits per heavy atom. The Kier molecular flexibility index (Phi) is 5.22. The fraction of sp³-hybridized carbons (Fsp3) is 0.727. The van der Waals surface area contributed by atoms with Crippen LogP contribution in [0.15, 0.2) is 5.38 Å². The fourth-order valence-corrected chi connectivity index (χ4v) is 2.25. The van der Waals surface area contributed by atoms with Crippen LogP contribution in [-0.2, 0) is 0 Å². The van der Waals surface area contributed by atoms with Gasteiger partial charge in [-0.2, -0.15) is 0 Å². The van der Waals surface area contributed by atoms with Gasteiger partial charge in [0.2, 0.25) is 0 Å². The highest BCUT2D eigenvalue weighted by Crippen LogP contribution is 2.17. The third-order valence-corrected chi connectivity index (χ3v) is 3.58. The highest BCUT2D eigenvalue weighted by Gasteiger charge is 2.09. The van der Waals surface area contributed by atoms with Gasteiger partial charge in [0.25, 0.3) is 0 Å². The van der Waals surface area contributed by atoms with Crippen LogP contribution in [0.5, 0.6) is 0 Å². The van der Waals surface area contributed by atoms with Crippen LogP contribution in [0.1, 0.15) is 37.0 Å². The lowest BCUT2D eigenvalue weighted by Crippen LogP contribution is -2.25. The van der Waals surface area contributed by atoms with Crippen LogP contribution in [-0.4, -0.2) is 18.1 Å². The summed E-state index contributed by atoms with van der Waals surface area (Å²) in [5.41, 5.74) is 6.62. The first-order valence-corrected chi connectivity index (χ1v) is 6.37. The van der Waals surface area contributed by atoms with E-state index in [9.17, 15) is 0 Å². The molecule has 3 nitrogen and oxygen atoms in total. The number of aromatic nitrogens is 1. The van der Waals surface area contributed by atoms with Crippen molar-refractivity contribution in [2.45, 2.75) is 33.2 Å². The molecule has 4 heteroatoms. The summed E-state index contributed by atoms with van der Waals surface area (Å²) in [5.74, 6) is 0.638. The second-order valence-corrected chi connectivity index (χ2v) is 5.03. The summed E-state index contributed by atoms with van der Waals surface area (Å²) in [6, 6.07) is 0.351. The van der Waals surface area contributed by atoms with Gasteiger partial charge >= 0.3 is 0 Å². The maximum Gasteiger partial charge on any atom is 0.110 e. The molecule has 0 saturated carbocycles. The molecule has 86 valence electrons. The lowest BCUT2D eigenvalue weighted by molar-refractivity contribution is 0.451. The fourth-order valence-electron chi connectivity index (χ4n) is 1.42. The molecule has 3 N–H and O–H groups in total. The van der Waals surface area contributed by atoms with Crippen molar-refractivity contribution in [3.05, 3.63) is 16.1 Å². The van der Waals surface area contributed by atoms with Gasteiger partial charge in [-0.3, -0.25) is 0 Å². The molecule has 1 heterocycles. The monoisotopic (exact) mass is 227 g/mol. The molecule has 0 aliphatic rings. The molecule has 0 amide bonds. The molecule has 0 spiro atoms. The van der Waals surface area contributed by atoms with E-state index in [1.54, 1.807) is 11.3 Å². The average molecular weight is 227 g/mol. The van der Waals surface area contributed by atoms with Crippen LogP contribution in [0.3, 0.4) is 0 Å². The molecule has 0 aromatic carbocycles. The van der Waals surface area contributed by atoms with Crippen LogP contribution in [0, 0.1) is 12.8 Å². The standard InChI is InChI=1S/C11H21N3S/c1-8(4-5-12)6-13-10(3)11-14-9(2)7-15-11/h7-8,10,13H,4-6,12H2,1-3H3. The topological polar surface area (TPSA) is 50.9 Å². The van der Waals surface area contributed by atoms with Gasteiger partial charge in [-0.1, -0.05) is 6.92 Å². The van der Waals surface area contributed by atoms with Crippen LogP contribution in [0.4, 0.5) is 0 Å². The Morgan fingerprint density at radius 2 is 2.27 bits per heavy atom. The molecule has 15 heavy (non-hydrogen) atoms. The van der Waals surface area contributed by atoms with Crippen molar-refractivity contribution in [3.8, 4) is 0 Å². The van der Waals surface area contributed by atoms with E-state index in [1.807, 2.05) is 6.92 Å². The number of aryl methyl sites for hydroxylation is 1. The zero-order chi connectivity index (χ0) is 11.3. The van der Waals surface area contributed by atoms with E-state index in [1.165, 1.54) is 5.01 Å². The maximum absolute atomic E-state index is 5.51. The van der Waals surface area contributed by atoms with Crippen molar-refractivity contribution < 1.29 is 0 Å². The molecule has 0 saturated heterocycles. The van der Waals surface area contributed by atoms with Crippen molar-refractivity contribution >= 4 is 11.3 Å². The molecule has 0 fully saturated rings. The Hall–Kier alpha value is -0.450. The smallest absolute Gasteiger partial charge is 0.110 e. The summed E-state index contributed by atoms with van der Waals surface area (Å²) < 4.78 is 0. The minimum absolute atomic E-state index is 0.351. The van der Waals surface area contributed by atoms with Gasteiger partial charge in [0, 0.05) is 11.1 Å². The lowest BCUT2D eigenvalue weighted by atomic mass is 10.1. The molecule has 0 radical (unpaired) electrons. The largest absolute Gasteiger partial charge is 0.330 e. The average Bonchev–Trinajstić information content (AvgIpc) is 2.62. The molecular weight excluding hydrogens is 206 g/mol. The van der Waals surface area contributed by atoms with E-state index in [0.717, 1.165) is 25.2 Å². The second-order valence-electron chi connectivity index (χ2n) is 4.14. The Morgan fingerprint density at radius 3 is 2.80 bits per heavy atom. The molecule has 1 aromatic heterocycles. The number of thiazole rings is 1. The minimum atomic E-state index is 0.351. The highest BCUT2D eigenvalue weighted by molar-refractivity contribution is 7.09. The van der Waals surface area contributed by atoms with E-state index in [4.69, 9.17) is 5.73 Å². The molecule has 0 aliphatic carbocycles. The first-order valence-electron chi connectivity index (χ1n) is 5.49. The van der Waals surface area contributed by atoms with Gasteiger partial charge in [-0.25, -0.2) is 4.98 Å². The molecule has 1 aromatic rings. The third kappa shape index (κ3) is 4.28. The van der Waals surface area contributed by atoms with E-state index in [-0.39, 0.29) is 0 Å². The number of nitrogens with one attached hydrogen (secondary N) is 1. The quantitative estimate of drug-likeness (QED) is 0.782. The van der Waals surface area contributed by atoms with Gasteiger partial charge in [-0.15, -0.1) is 11.3 Å². The molecule has 1 rings (SSSR count). The predicted octanol–water partition coefficient (Wildman–Crippen LogP) is 2.09. The minimum Gasteiger partial charge on any atom is -0.330 e. The summed E-state index contributed by atoms with van der Waals surface area (Å²) >= 11 is 1.72. The zero-order valence-corrected chi connectivity index (χ0v) is 10.6. The van der Waals surface area contributed by atoms with Crippen molar-refractivity contribution in [2.24, 2.45) is 11.7 Å². The summed E-state index contributed by atoms with van der Waals surface area (Å²) in [4.78, 5) is 4.47. The first kappa shape index (κ1) is 12.6. The normalized spacial score (nSPS) is 15.2. The number of nitrogens with two attached hydrogens (primary N) is 1. The van der Waals surface area contributed by atoms with Gasteiger partial charge < -0.3 is 11.1 Å². The van der Waals surface area contributed by atoms with E-state index < -0.39 is 0 Å². The molecule has 0 aliphatic heterocycles. The van der Waals surface area contributed by atoms with Crippen molar-refractivity contribution in [1.82, 2.24) is 10.3 Å². The molecule has 2 atom stereocenters. The summed E-state index contributed by atoms with van der Waals surface area (Å²) in [6.45, 7) is 8.20. The van der Waals surface area contributed by atoms with Crippen molar-refractivity contribution in [1.29, 1.82) is 0 Å². The summed E-state index contributed by atoms with van der Waals surface area (Å²) in [7, 11) is 0. The summed E-state index contributed by atoms with van der Waals surface area (Å²) in [5, 5.41) is 6.76. The molecule has 2 unspecified atom stereocenters. The van der Waals surface area contributed by atoms with Crippen LogP contribution in [0.25, 0.3) is 0 Å². The van der Waals surface area contributed by atoms with Gasteiger partial charge in [-0.05, 0) is 39.3 Å². The van der Waals surface area contributed by atoms with Crippen molar-refractivity contribution in [3.63, 3.8) is 0 Å². The maximum atomic E-state index is 5.51. The second kappa shape index (κ2) is 6.20. The Bertz CT molecular complexity index is 285. The number of hydrogen-bond donors (Lipinski definition) is 2. The third-order valence-electron chi connectivity index (χ3n) is 2.44. The Labute approximate surface area is 96.1 Å². The van der Waals surface area contributed by atoms with Crippen LogP contribution >= 0.6 is 11.3 Å². The van der Waals surface area contributed by atoms with E-state index in [0.29, 0.717) is 12.0 Å². The SMILES string of the molecule is Cc1csc(C(C)NCC(C)CCN)n1. The van der Waals surface area contributed by atoms with Gasteiger partial charge in [0.05, 0.1) is 6.04 Å².